The van der Waals surface area contributed by atoms with E-state index in [0.717, 1.165) is 51.2 Å². The molecular formula is C80H57N3S. The van der Waals surface area contributed by atoms with Gasteiger partial charge in [-0.3, -0.25) is 0 Å². The Hall–Kier alpha value is -10.3. The molecule has 3 nitrogen and oxygen atoms in total. The summed E-state index contributed by atoms with van der Waals surface area (Å²) in [5.74, 6) is 0. The fourth-order valence-corrected chi connectivity index (χ4v) is 15.4. The number of hydrogen-bond donors (Lipinski definition) is 0. The zero-order valence-electron chi connectivity index (χ0n) is 46.7. The van der Waals surface area contributed by atoms with Crippen LogP contribution in [0.25, 0.3) is 53.2 Å². The standard InChI is InChI=1S/C80H57N3S/c1-79(2)68-41-22-20-38-63(68)65-40-24-44-72(78(65)79)83(62-48-49-70-66(51-62)64-39-21-23-42-69(64)80(70,56-28-8-3-9-29-56)57-47-46-54-26-18-19-27-55(54)50-57)74-53-76-67(52-73(74)82(60-34-14-6-15-35-60)61-36-16-7-17-37-61)77-71(43-25-45-75(77)84-76)81(58-30-10-4-11-31-58)59-32-12-5-13-33-59/h3-53H,1-2H3. The Labute approximate surface area is 494 Å². The number of nitrogens with zero attached hydrogens (tertiary/aromatic N) is 3. The van der Waals surface area contributed by atoms with Gasteiger partial charge in [-0.15, -0.1) is 11.3 Å². The molecule has 13 aromatic carbocycles. The van der Waals surface area contributed by atoms with Crippen molar-refractivity contribution >= 4 is 93.5 Å². The second-order valence-electron chi connectivity index (χ2n) is 22.8. The third-order valence-electron chi connectivity index (χ3n) is 17.8. The zero-order valence-corrected chi connectivity index (χ0v) is 47.5. The molecule has 0 N–H and O–H groups in total. The van der Waals surface area contributed by atoms with Gasteiger partial charge in [-0.25, -0.2) is 0 Å². The molecule has 1 heterocycles. The number of hydrogen-bond acceptors (Lipinski definition) is 4. The van der Waals surface area contributed by atoms with E-state index >= 15 is 0 Å². The quantitative estimate of drug-likeness (QED) is 0.128. The molecule has 0 saturated carbocycles. The SMILES string of the molecule is CC1(C)c2ccccc2-c2cccc(N(c3ccc4c(c3)-c3ccccc3C4(c3ccccc3)c3ccc4ccccc4c3)c3cc4sc5cccc(N(c6ccccc6)c6ccccc6)c5c4cc3N(c3ccccc3)c3ccccc3)c21. The fraction of sp³-hybridized carbons (Fsp3) is 0.0500. The first-order valence-corrected chi connectivity index (χ1v) is 29.9. The summed E-state index contributed by atoms with van der Waals surface area (Å²) < 4.78 is 2.42. The van der Waals surface area contributed by atoms with Gasteiger partial charge in [0, 0.05) is 54.0 Å². The normalized spacial score (nSPS) is 14.5. The molecule has 0 saturated heterocycles. The van der Waals surface area contributed by atoms with Gasteiger partial charge in [-0.05, 0) is 163 Å². The summed E-state index contributed by atoms with van der Waals surface area (Å²) in [6.07, 6.45) is 0. The van der Waals surface area contributed by atoms with E-state index in [2.05, 4.69) is 338 Å². The van der Waals surface area contributed by atoms with E-state index in [0.29, 0.717) is 0 Å². The van der Waals surface area contributed by atoms with Crippen LogP contribution in [0, 0.1) is 0 Å². The first-order valence-electron chi connectivity index (χ1n) is 29.1. The zero-order chi connectivity index (χ0) is 55.9. The highest BCUT2D eigenvalue weighted by molar-refractivity contribution is 7.26. The van der Waals surface area contributed by atoms with Crippen LogP contribution in [0.15, 0.2) is 309 Å². The number of para-hydroxylation sites is 4. The molecule has 2 aliphatic carbocycles. The van der Waals surface area contributed by atoms with Crippen LogP contribution in [-0.2, 0) is 10.8 Å². The number of thiophene rings is 1. The predicted octanol–water partition coefficient (Wildman–Crippen LogP) is 22.3. The van der Waals surface area contributed by atoms with Crippen molar-refractivity contribution in [1.29, 1.82) is 0 Å². The molecule has 1 aromatic heterocycles. The lowest BCUT2D eigenvalue weighted by atomic mass is 9.67. The minimum absolute atomic E-state index is 0.337. The predicted molar refractivity (Wildman–Crippen MR) is 356 cm³/mol. The van der Waals surface area contributed by atoms with Gasteiger partial charge in [0.2, 0.25) is 0 Å². The van der Waals surface area contributed by atoms with Crippen molar-refractivity contribution in [3.63, 3.8) is 0 Å². The maximum Gasteiger partial charge on any atom is 0.0717 e. The van der Waals surface area contributed by atoms with Gasteiger partial charge < -0.3 is 14.7 Å². The van der Waals surface area contributed by atoms with E-state index in [9.17, 15) is 0 Å². The van der Waals surface area contributed by atoms with Crippen LogP contribution in [0.5, 0.6) is 0 Å². The Balaban J connectivity index is 1.02. The Morgan fingerprint density at radius 3 is 1.44 bits per heavy atom. The van der Waals surface area contributed by atoms with Crippen LogP contribution in [0.2, 0.25) is 0 Å². The summed E-state index contributed by atoms with van der Waals surface area (Å²) in [4.78, 5) is 7.52. The molecule has 0 bridgehead atoms. The Morgan fingerprint density at radius 2 is 0.786 bits per heavy atom. The van der Waals surface area contributed by atoms with Gasteiger partial charge in [0.15, 0.2) is 0 Å². The number of benzene rings is 13. The highest BCUT2D eigenvalue weighted by atomic mass is 32.1. The summed E-state index contributed by atoms with van der Waals surface area (Å²) >= 11 is 1.87. The summed E-state index contributed by atoms with van der Waals surface area (Å²) in [5.41, 5.74) is 21.6. The molecule has 0 amide bonds. The van der Waals surface area contributed by atoms with E-state index in [1.165, 1.54) is 86.6 Å². The van der Waals surface area contributed by atoms with Gasteiger partial charge in [0.1, 0.15) is 0 Å². The van der Waals surface area contributed by atoms with Crippen LogP contribution >= 0.6 is 11.3 Å². The molecule has 84 heavy (non-hydrogen) atoms. The Bertz CT molecular complexity index is 4740. The molecule has 14 aromatic rings. The molecule has 16 rings (SSSR count). The maximum absolute atomic E-state index is 2.62. The fourth-order valence-electron chi connectivity index (χ4n) is 14.3. The molecule has 0 fully saturated rings. The van der Waals surface area contributed by atoms with Gasteiger partial charge in [0.25, 0.3) is 0 Å². The summed E-state index contributed by atoms with van der Waals surface area (Å²) in [6, 6.07) is 115. The van der Waals surface area contributed by atoms with Crippen LogP contribution in [0.3, 0.4) is 0 Å². The third-order valence-corrected chi connectivity index (χ3v) is 18.9. The number of rotatable bonds is 11. The van der Waals surface area contributed by atoms with Crippen molar-refractivity contribution in [1.82, 2.24) is 0 Å². The van der Waals surface area contributed by atoms with E-state index in [-0.39, 0.29) is 5.41 Å². The second-order valence-corrected chi connectivity index (χ2v) is 23.8. The summed E-state index contributed by atoms with van der Waals surface area (Å²) in [5, 5.41) is 4.86. The highest BCUT2D eigenvalue weighted by Crippen LogP contribution is 2.61. The van der Waals surface area contributed by atoms with Crippen molar-refractivity contribution in [3.8, 4) is 22.3 Å². The molecule has 1 unspecified atom stereocenters. The van der Waals surface area contributed by atoms with E-state index in [1.807, 2.05) is 11.3 Å². The Kier molecular flexibility index (Phi) is 11.6. The molecular weight excluding hydrogens is 1030 g/mol. The van der Waals surface area contributed by atoms with Crippen LogP contribution in [-0.4, -0.2) is 0 Å². The number of fused-ring (bicyclic) bond motifs is 10. The minimum Gasteiger partial charge on any atom is -0.310 e. The van der Waals surface area contributed by atoms with Gasteiger partial charge in [-0.2, -0.15) is 0 Å². The van der Waals surface area contributed by atoms with Crippen LogP contribution in [0.4, 0.5) is 51.2 Å². The van der Waals surface area contributed by atoms with Crippen molar-refractivity contribution in [2.75, 3.05) is 14.7 Å². The molecule has 0 radical (unpaired) electrons. The van der Waals surface area contributed by atoms with E-state index < -0.39 is 5.41 Å². The molecule has 0 aliphatic heterocycles. The van der Waals surface area contributed by atoms with Crippen molar-refractivity contribution in [2.45, 2.75) is 24.7 Å². The van der Waals surface area contributed by atoms with Gasteiger partial charge in [0.05, 0.1) is 28.2 Å². The first kappa shape index (κ1) is 49.5. The van der Waals surface area contributed by atoms with E-state index in [1.54, 1.807) is 0 Å². The number of anilines is 9. The maximum atomic E-state index is 2.62. The minimum atomic E-state index is -0.595. The molecule has 0 spiro atoms. The first-order chi connectivity index (χ1) is 41.4. The summed E-state index contributed by atoms with van der Waals surface area (Å²) in [7, 11) is 0. The molecule has 398 valence electrons. The average molecular weight is 1090 g/mol. The highest BCUT2D eigenvalue weighted by Gasteiger charge is 2.47. The van der Waals surface area contributed by atoms with Crippen LogP contribution in [0.1, 0.15) is 47.2 Å². The summed E-state index contributed by atoms with van der Waals surface area (Å²) in [6.45, 7) is 4.83. The monoisotopic (exact) mass is 1090 g/mol. The molecule has 1 atom stereocenters. The molecule has 4 heteroatoms. The molecule has 2 aliphatic rings. The lowest BCUT2D eigenvalue weighted by Gasteiger charge is -2.37. The Morgan fingerprint density at radius 1 is 0.286 bits per heavy atom. The van der Waals surface area contributed by atoms with Crippen molar-refractivity contribution < 1.29 is 0 Å². The van der Waals surface area contributed by atoms with Crippen molar-refractivity contribution in [2.24, 2.45) is 0 Å². The van der Waals surface area contributed by atoms with Crippen molar-refractivity contribution in [3.05, 3.63) is 343 Å². The van der Waals surface area contributed by atoms with Gasteiger partial charge >= 0.3 is 0 Å². The van der Waals surface area contributed by atoms with E-state index in [4.69, 9.17) is 0 Å². The van der Waals surface area contributed by atoms with Gasteiger partial charge in [-0.1, -0.05) is 226 Å². The lowest BCUT2D eigenvalue weighted by molar-refractivity contribution is 0.661. The largest absolute Gasteiger partial charge is 0.310 e. The second kappa shape index (κ2) is 19.7. The topological polar surface area (TPSA) is 9.72 Å². The van der Waals surface area contributed by atoms with Crippen LogP contribution < -0.4 is 14.7 Å². The smallest absolute Gasteiger partial charge is 0.0717 e. The lowest BCUT2D eigenvalue weighted by Crippen LogP contribution is -2.28. The average Bonchev–Trinajstić information content (AvgIpc) is 1.60. The third kappa shape index (κ3) is 7.64.